The van der Waals surface area contributed by atoms with Gasteiger partial charge in [0, 0.05) is 0 Å². The van der Waals surface area contributed by atoms with E-state index in [1.165, 1.54) is 18.4 Å². The van der Waals surface area contributed by atoms with E-state index in [2.05, 4.69) is 20.4 Å². The molecule has 6 unspecified atom stereocenters. The molecule has 2 nitrogen and oxygen atoms in total. The molecule has 0 bridgehead atoms. The molecular weight excluding hydrogens is 200 g/mol. The van der Waals surface area contributed by atoms with Crippen molar-refractivity contribution < 1.29 is 10.2 Å². The zero-order valence-electron chi connectivity index (χ0n) is 10.4. The highest BCUT2D eigenvalue weighted by atomic mass is 16.3. The van der Waals surface area contributed by atoms with Gasteiger partial charge in [-0.2, -0.15) is 0 Å². The SMILES string of the molecule is C=C(C)C1CCC2CC(O)C(O)C(C)C2C1. The summed E-state index contributed by atoms with van der Waals surface area (Å²) in [6.45, 7) is 8.27. The minimum atomic E-state index is -0.523. The van der Waals surface area contributed by atoms with Gasteiger partial charge in [0.2, 0.25) is 0 Å². The molecule has 2 N–H and O–H groups in total. The summed E-state index contributed by atoms with van der Waals surface area (Å²) < 4.78 is 0. The molecule has 0 aromatic carbocycles. The van der Waals surface area contributed by atoms with Gasteiger partial charge in [-0.1, -0.05) is 19.1 Å². The first-order valence-corrected chi connectivity index (χ1v) is 6.52. The van der Waals surface area contributed by atoms with E-state index in [4.69, 9.17) is 0 Å². The van der Waals surface area contributed by atoms with Crippen molar-refractivity contribution in [3.05, 3.63) is 12.2 Å². The van der Waals surface area contributed by atoms with Crippen LogP contribution in [-0.2, 0) is 0 Å². The molecule has 2 rings (SSSR count). The van der Waals surface area contributed by atoms with Crippen molar-refractivity contribution in [2.24, 2.45) is 23.7 Å². The van der Waals surface area contributed by atoms with Crippen molar-refractivity contribution in [3.63, 3.8) is 0 Å². The molecule has 0 amide bonds. The van der Waals surface area contributed by atoms with Crippen molar-refractivity contribution in [2.75, 3.05) is 0 Å². The lowest BCUT2D eigenvalue weighted by molar-refractivity contribution is -0.0972. The van der Waals surface area contributed by atoms with Crippen molar-refractivity contribution in [3.8, 4) is 0 Å². The number of hydrogen-bond donors (Lipinski definition) is 2. The molecule has 0 spiro atoms. The molecule has 16 heavy (non-hydrogen) atoms. The van der Waals surface area contributed by atoms with E-state index >= 15 is 0 Å². The molecule has 2 aliphatic rings. The maximum atomic E-state index is 9.94. The van der Waals surface area contributed by atoms with Crippen LogP contribution in [0.1, 0.15) is 39.5 Å². The van der Waals surface area contributed by atoms with E-state index in [1.54, 1.807) is 0 Å². The third-order valence-electron chi connectivity index (χ3n) is 4.90. The van der Waals surface area contributed by atoms with Crippen LogP contribution < -0.4 is 0 Å². The van der Waals surface area contributed by atoms with Crippen LogP contribution >= 0.6 is 0 Å². The summed E-state index contributed by atoms with van der Waals surface area (Å²) in [6, 6.07) is 0. The average molecular weight is 224 g/mol. The lowest BCUT2D eigenvalue weighted by atomic mass is 9.61. The monoisotopic (exact) mass is 224 g/mol. The number of fused-ring (bicyclic) bond motifs is 1. The molecular formula is C14H24O2. The van der Waals surface area contributed by atoms with Gasteiger partial charge in [0.15, 0.2) is 0 Å². The van der Waals surface area contributed by atoms with Gasteiger partial charge in [0.05, 0.1) is 12.2 Å². The number of rotatable bonds is 1. The molecule has 2 fully saturated rings. The molecule has 0 heterocycles. The molecule has 0 aliphatic heterocycles. The second-order valence-corrected chi connectivity index (χ2v) is 5.93. The molecule has 2 aliphatic carbocycles. The predicted octanol–water partition coefficient (Wildman–Crippen LogP) is 2.36. The van der Waals surface area contributed by atoms with Crippen LogP contribution in [-0.4, -0.2) is 22.4 Å². The molecule has 92 valence electrons. The van der Waals surface area contributed by atoms with Gasteiger partial charge in [0.25, 0.3) is 0 Å². The Morgan fingerprint density at radius 2 is 1.88 bits per heavy atom. The fourth-order valence-corrected chi connectivity index (χ4v) is 3.71. The van der Waals surface area contributed by atoms with Gasteiger partial charge in [-0.3, -0.25) is 0 Å². The van der Waals surface area contributed by atoms with Gasteiger partial charge in [-0.15, -0.1) is 0 Å². The van der Waals surface area contributed by atoms with Gasteiger partial charge >= 0.3 is 0 Å². The fourth-order valence-electron chi connectivity index (χ4n) is 3.71. The molecule has 0 aromatic heterocycles. The Morgan fingerprint density at radius 3 is 2.50 bits per heavy atom. The van der Waals surface area contributed by atoms with E-state index < -0.39 is 12.2 Å². The summed E-state index contributed by atoms with van der Waals surface area (Å²) in [5.41, 5.74) is 1.28. The molecule has 0 saturated heterocycles. The quantitative estimate of drug-likeness (QED) is 0.671. The third-order valence-corrected chi connectivity index (χ3v) is 4.90. The number of aliphatic hydroxyl groups excluding tert-OH is 2. The van der Waals surface area contributed by atoms with E-state index in [1.807, 2.05) is 0 Å². The van der Waals surface area contributed by atoms with Crippen LogP contribution in [0.5, 0.6) is 0 Å². The zero-order valence-corrected chi connectivity index (χ0v) is 10.4. The Bertz CT molecular complexity index is 272. The van der Waals surface area contributed by atoms with Crippen LogP contribution in [0, 0.1) is 23.7 Å². The van der Waals surface area contributed by atoms with Crippen LogP contribution in [0.3, 0.4) is 0 Å². The highest BCUT2D eigenvalue weighted by Gasteiger charge is 2.43. The summed E-state index contributed by atoms with van der Waals surface area (Å²) >= 11 is 0. The van der Waals surface area contributed by atoms with Crippen LogP contribution in [0.25, 0.3) is 0 Å². The predicted molar refractivity (Wildman–Crippen MR) is 64.9 cm³/mol. The van der Waals surface area contributed by atoms with Gasteiger partial charge in [0.1, 0.15) is 0 Å². The number of hydrogen-bond acceptors (Lipinski definition) is 2. The first kappa shape index (κ1) is 12.1. The summed E-state index contributed by atoms with van der Waals surface area (Å²) in [5.74, 6) is 2.06. The van der Waals surface area contributed by atoms with Crippen molar-refractivity contribution in [2.45, 2.75) is 51.7 Å². The normalized spacial score (nSPS) is 48.5. The second kappa shape index (κ2) is 4.50. The van der Waals surface area contributed by atoms with E-state index in [9.17, 15) is 10.2 Å². The zero-order chi connectivity index (χ0) is 11.9. The average Bonchev–Trinajstić information content (AvgIpc) is 2.25. The standard InChI is InChI=1S/C14H24O2/c1-8(2)10-4-5-11-7-13(15)14(16)9(3)12(11)6-10/h9-16H,1,4-7H2,2-3H3. The maximum Gasteiger partial charge on any atom is 0.0827 e. The van der Waals surface area contributed by atoms with Crippen molar-refractivity contribution in [1.82, 2.24) is 0 Å². The third kappa shape index (κ3) is 2.05. The summed E-state index contributed by atoms with van der Waals surface area (Å²) in [7, 11) is 0. The van der Waals surface area contributed by atoms with Crippen LogP contribution in [0.4, 0.5) is 0 Å². The smallest absolute Gasteiger partial charge is 0.0827 e. The molecule has 2 heteroatoms. The minimum Gasteiger partial charge on any atom is -0.390 e. The Labute approximate surface area is 98.4 Å². The number of aliphatic hydroxyl groups is 2. The lowest BCUT2D eigenvalue weighted by Gasteiger charge is -2.47. The van der Waals surface area contributed by atoms with Gasteiger partial charge < -0.3 is 10.2 Å². The summed E-state index contributed by atoms with van der Waals surface area (Å²) in [4.78, 5) is 0. The van der Waals surface area contributed by atoms with E-state index in [0.29, 0.717) is 17.8 Å². The first-order chi connectivity index (χ1) is 7.50. The molecule has 0 radical (unpaired) electrons. The fraction of sp³-hybridized carbons (Fsp3) is 0.857. The highest BCUT2D eigenvalue weighted by Crippen LogP contribution is 2.47. The van der Waals surface area contributed by atoms with Crippen molar-refractivity contribution >= 4 is 0 Å². The summed E-state index contributed by atoms with van der Waals surface area (Å²) in [5, 5.41) is 19.7. The van der Waals surface area contributed by atoms with Crippen LogP contribution in [0.15, 0.2) is 12.2 Å². The Kier molecular flexibility index (Phi) is 3.41. The number of allylic oxidation sites excluding steroid dienone is 1. The van der Waals surface area contributed by atoms with Crippen molar-refractivity contribution in [1.29, 1.82) is 0 Å². The van der Waals surface area contributed by atoms with Gasteiger partial charge in [-0.25, -0.2) is 0 Å². The highest BCUT2D eigenvalue weighted by molar-refractivity contribution is 5.03. The lowest BCUT2D eigenvalue weighted by Crippen LogP contribution is -2.47. The topological polar surface area (TPSA) is 40.5 Å². The second-order valence-electron chi connectivity index (χ2n) is 5.93. The molecule has 2 saturated carbocycles. The Hall–Kier alpha value is -0.340. The first-order valence-electron chi connectivity index (χ1n) is 6.52. The van der Waals surface area contributed by atoms with E-state index in [-0.39, 0.29) is 5.92 Å². The molecule has 0 aromatic rings. The molecule has 6 atom stereocenters. The Morgan fingerprint density at radius 1 is 1.19 bits per heavy atom. The van der Waals surface area contributed by atoms with Crippen LogP contribution in [0.2, 0.25) is 0 Å². The summed E-state index contributed by atoms with van der Waals surface area (Å²) in [6.07, 6.45) is 3.33. The van der Waals surface area contributed by atoms with E-state index in [0.717, 1.165) is 12.8 Å². The minimum absolute atomic E-state index is 0.232. The Balaban J connectivity index is 2.08. The maximum absolute atomic E-state index is 9.94. The largest absolute Gasteiger partial charge is 0.390 e. The van der Waals surface area contributed by atoms with Gasteiger partial charge in [-0.05, 0) is 56.3 Å².